The second kappa shape index (κ2) is 7.14. The van der Waals surface area contributed by atoms with Gasteiger partial charge in [-0.3, -0.25) is 0 Å². The van der Waals surface area contributed by atoms with Gasteiger partial charge in [0.2, 0.25) is 0 Å². The molecule has 0 saturated heterocycles. The number of nitrogens with one attached hydrogen (secondary N) is 2. The van der Waals surface area contributed by atoms with Crippen LogP contribution < -0.4 is 10.6 Å². The van der Waals surface area contributed by atoms with Gasteiger partial charge in [0.15, 0.2) is 0 Å². The number of furan rings is 1. The van der Waals surface area contributed by atoms with Crippen LogP contribution in [0.5, 0.6) is 0 Å². The lowest BCUT2D eigenvalue weighted by Gasteiger charge is -2.22. The molecule has 3 atom stereocenters. The van der Waals surface area contributed by atoms with Crippen LogP contribution in [0.15, 0.2) is 35.0 Å². The van der Waals surface area contributed by atoms with E-state index in [9.17, 15) is 9.90 Å². The van der Waals surface area contributed by atoms with Crippen LogP contribution in [0, 0.1) is 0 Å². The van der Waals surface area contributed by atoms with Gasteiger partial charge < -0.3 is 20.2 Å². The molecule has 0 saturated carbocycles. The quantitative estimate of drug-likeness (QED) is 0.724. The molecule has 2 amide bonds. The number of aliphatic hydroxyl groups is 1. The number of allylic oxidation sites excluding steroid dienone is 1. The SMILES string of the molecule is C[C@H](C[C@H](O)c1ccco1)NC(=O)N[C@@H]1CC=CCC1. The van der Waals surface area contributed by atoms with Crippen LogP contribution in [-0.2, 0) is 0 Å². The molecule has 1 aliphatic carbocycles. The van der Waals surface area contributed by atoms with Gasteiger partial charge in [0.1, 0.15) is 11.9 Å². The van der Waals surface area contributed by atoms with Gasteiger partial charge in [-0.05, 0) is 38.3 Å². The summed E-state index contributed by atoms with van der Waals surface area (Å²) < 4.78 is 5.14. The fraction of sp³-hybridized carbons (Fsp3) is 0.533. The third kappa shape index (κ3) is 4.42. The fourth-order valence-corrected chi connectivity index (χ4v) is 2.37. The van der Waals surface area contributed by atoms with E-state index in [1.807, 2.05) is 6.92 Å². The molecule has 0 aromatic carbocycles. The highest BCUT2D eigenvalue weighted by atomic mass is 16.4. The molecule has 1 aliphatic rings. The molecule has 0 unspecified atom stereocenters. The van der Waals surface area contributed by atoms with Crippen LogP contribution in [-0.4, -0.2) is 23.2 Å². The molecule has 0 fully saturated rings. The van der Waals surface area contributed by atoms with Gasteiger partial charge in [-0.1, -0.05) is 12.2 Å². The van der Waals surface area contributed by atoms with Gasteiger partial charge in [0.25, 0.3) is 0 Å². The van der Waals surface area contributed by atoms with E-state index in [0.29, 0.717) is 12.2 Å². The van der Waals surface area contributed by atoms with Gasteiger partial charge in [-0.15, -0.1) is 0 Å². The third-order valence-corrected chi connectivity index (χ3v) is 3.43. The van der Waals surface area contributed by atoms with Crippen LogP contribution in [0.1, 0.15) is 44.5 Å². The lowest BCUT2D eigenvalue weighted by atomic mass is 10.0. The van der Waals surface area contributed by atoms with E-state index >= 15 is 0 Å². The van der Waals surface area contributed by atoms with E-state index < -0.39 is 6.10 Å². The Morgan fingerprint density at radius 1 is 1.55 bits per heavy atom. The molecule has 1 aromatic rings. The molecule has 2 rings (SSSR count). The zero-order chi connectivity index (χ0) is 14.4. The number of amides is 2. The summed E-state index contributed by atoms with van der Waals surface area (Å²) in [6.45, 7) is 1.87. The van der Waals surface area contributed by atoms with Crippen LogP contribution >= 0.6 is 0 Å². The minimum atomic E-state index is -0.696. The van der Waals surface area contributed by atoms with Crippen LogP contribution in [0.2, 0.25) is 0 Å². The van der Waals surface area contributed by atoms with Crippen molar-refractivity contribution in [3.63, 3.8) is 0 Å². The predicted octanol–water partition coefficient (Wildman–Crippen LogP) is 2.50. The van der Waals surface area contributed by atoms with Crippen molar-refractivity contribution in [2.24, 2.45) is 0 Å². The average Bonchev–Trinajstić information content (AvgIpc) is 2.93. The molecular formula is C15H22N2O3. The summed E-state index contributed by atoms with van der Waals surface area (Å²) in [5.41, 5.74) is 0. The standard InChI is InChI=1S/C15H22N2O3/c1-11(10-13(18)14-8-5-9-20-14)16-15(19)17-12-6-3-2-4-7-12/h2-3,5,8-9,11-13,18H,4,6-7,10H2,1H3,(H2,16,17,19)/t11-,12-,13+/m1/s1. The van der Waals surface area contributed by atoms with Crippen LogP contribution in [0.4, 0.5) is 4.79 Å². The number of hydrogen-bond acceptors (Lipinski definition) is 3. The van der Waals surface area contributed by atoms with Gasteiger partial charge in [-0.25, -0.2) is 4.79 Å². The van der Waals surface area contributed by atoms with Crippen LogP contribution in [0.25, 0.3) is 0 Å². The molecule has 1 heterocycles. The molecule has 0 aliphatic heterocycles. The Morgan fingerprint density at radius 2 is 2.40 bits per heavy atom. The largest absolute Gasteiger partial charge is 0.467 e. The van der Waals surface area contributed by atoms with E-state index in [2.05, 4.69) is 22.8 Å². The van der Waals surface area contributed by atoms with Crippen molar-refractivity contribution < 1.29 is 14.3 Å². The molecular weight excluding hydrogens is 256 g/mol. The molecule has 20 heavy (non-hydrogen) atoms. The van der Waals surface area contributed by atoms with E-state index in [1.165, 1.54) is 6.26 Å². The molecule has 0 radical (unpaired) electrons. The first-order valence-electron chi connectivity index (χ1n) is 7.08. The summed E-state index contributed by atoms with van der Waals surface area (Å²) in [6, 6.07) is 3.37. The highest BCUT2D eigenvalue weighted by Crippen LogP contribution is 2.18. The summed E-state index contributed by atoms with van der Waals surface area (Å²) in [5.74, 6) is 0.525. The third-order valence-electron chi connectivity index (χ3n) is 3.43. The molecule has 5 heteroatoms. The van der Waals surface area contributed by atoms with Crippen molar-refractivity contribution in [1.82, 2.24) is 10.6 Å². The van der Waals surface area contributed by atoms with Gasteiger partial charge >= 0.3 is 6.03 Å². The first-order chi connectivity index (χ1) is 9.65. The molecule has 0 spiro atoms. The Kier molecular flexibility index (Phi) is 5.24. The maximum atomic E-state index is 11.8. The number of aliphatic hydroxyl groups excluding tert-OH is 1. The maximum Gasteiger partial charge on any atom is 0.315 e. The Labute approximate surface area is 119 Å². The number of urea groups is 1. The maximum absolute atomic E-state index is 11.8. The van der Waals surface area contributed by atoms with E-state index in [4.69, 9.17) is 4.42 Å². The normalized spacial score (nSPS) is 21.2. The molecule has 1 aromatic heterocycles. The second-order valence-electron chi connectivity index (χ2n) is 5.27. The van der Waals surface area contributed by atoms with E-state index in [1.54, 1.807) is 12.1 Å². The minimum Gasteiger partial charge on any atom is -0.467 e. The monoisotopic (exact) mass is 278 g/mol. The number of rotatable bonds is 5. The Bertz CT molecular complexity index is 442. The van der Waals surface area contributed by atoms with Crippen molar-refractivity contribution in [1.29, 1.82) is 0 Å². The molecule has 110 valence electrons. The summed E-state index contributed by atoms with van der Waals surface area (Å²) in [5, 5.41) is 15.7. The van der Waals surface area contributed by atoms with Gasteiger partial charge in [-0.2, -0.15) is 0 Å². The Hall–Kier alpha value is -1.75. The molecule has 0 bridgehead atoms. The summed E-state index contributed by atoms with van der Waals surface area (Å²) >= 11 is 0. The summed E-state index contributed by atoms with van der Waals surface area (Å²) in [4.78, 5) is 11.8. The highest BCUT2D eigenvalue weighted by Gasteiger charge is 2.18. The minimum absolute atomic E-state index is 0.130. The number of carbonyl (C=O) groups excluding carboxylic acids is 1. The lowest BCUT2D eigenvalue weighted by Crippen LogP contribution is -2.46. The lowest BCUT2D eigenvalue weighted by molar-refractivity contribution is 0.129. The highest BCUT2D eigenvalue weighted by molar-refractivity contribution is 5.74. The van der Waals surface area contributed by atoms with Gasteiger partial charge in [0.05, 0.1) is 6.26 Å². The van der Waals surface area contributed by atoms with Crippen molar-refractivity contribution >= 4 is 6.03 Å². The first kappa shape index (κ1) is 14.7. The zero-order valence-corrected chi connectivity index (χ0v) is 11.7. The van der Waals surface area contributed by atoms with Crippen molar-refractivity contribution in [2.75, 3.05) is 0 Å². The zero-order valence-electron chi connectivity index (χ0n) is 11.7. The van der Waals surface area contributed by atoms with Crippen molar-refractivity contribution in [2.45, 2.75) is 50.8 Å². The van der Waals surface area contributed by atoms with Crippen molar-refractivity contribution in [3.8, 4) is 0 Å². The van der Waals surface area contributed by atoms with E-state index in [0.717, 1.165) is 19.3 Å². The van der Waals surface area contributed by atoms with Crippen LogP contribution in [0.3, 0.4) is 0 Å². The first-order valence-corrected chi connectivity index (χ1v) is 7.08. The van der Waals surface area contributed by atoms with Gasteiger partial charge in [0, 0.05) is 18.5 Å². The average molecular weight is 278 g/mol. The fourth-order valence-electron chi connectivity index (χ4n) is 2.37. The summed E-state index contributed by atoms with van der Waals surface area (Å²) in [7, 11) is 0. The number of hydrogen-bond donors (Lipinski definition) is 3. The predicted molar refractivity (Wildman–Crippen MR) is 76.2 cm³/mol. The number of carbonyl (C=O) groups is 1. The van der Waals surface area contributed by atoms with E-state index in [-0.39, 0.29) is 18.1 Å². The molecule has 5 nitrogen and oxygen atoms in total. The second-order valence-corrected chi connectivity index (χ2v) is 5.27. The Balaban J connectivity index is 1.72. The topological polar surface area (TPSA) is 74.5 Å². The summed E-state index contributed by atoms with van der Waals surface area (Å²) in [6.07, 6.45) is 8.36. The van der Waals surface area contributed by atoms with Crippen molar-refractivity contribution in [3.05, 3.63) is 36.3 Å². The smallest absolute Gasteiger partial charge is 0.315 e. The molecule has 3 N–H and O–H groups in total. The Morgan fingerprint density at radius 3 is 3.05 bits per heavy atom.